The molecule has 2 aromatic carbocycles. The number of fused-ring (bicyclic) bond motifs is 1. The van der Waals surface area contributed by atoms with E-state index in [1.807, 2.05) is 42.5 Å². The van der Waals surface area contributed by atoms with E-state index in [1.165, 1.54) is 0 Å². The number of hydrogen-bond acceptors (Lipinski definition) is 3. The van der Waals surface area contributed by atoms with Crippen molar-refractivity contribution in [1.29, 1.82) is 0 Å². The number of aromatic hydroxyl groups is 1. The van der Waals surface area contributed by atoms with Crippen LogP contribution < -0.4 is 5.73 Å². The molecule has 0 bridgehead atoms. The molecule has 0 saturated heterocycles. The van der Waals surface area contributed by atoms with Gasteiger partial charge in [-0.3, -0.25) is 0 Å². The maximum Gasteiger partial charge on any atom is 0.123 e. The van der Waals surface area contributed by atoms with Gasteiger partial charge in [0.15, 0.2) is 0 Å². The molecular formula is C20H17Cl2N3O. The number of benzene rings is 2. The standard InChI is InChI=1S/C20H16ClN3O.ClH/c21-17-6-2-1-5-16(17)19-10-13-8-9-15(25)11-18(13)24(19)12-14-4-3-7-20(22)23-14;/h1-11,25H,12H2,(H2,22,23);1H. The van der Waals surface area contributed by atoms with Gasteiger partial charge in [0.25, 0.3) is 0 Å². The monoisotopic (exact) mass is 385 g/mol. The van der Waals surface area contributed by atoms with Crippen LogP contribution in [0.25, 0.3) is 22.2 Å². The van der Waals surface area contributed by atoms with Gasteiger partial charge in [0.05, 0.1) is 23.4 Å². The first-order valence-electron chi connectivity index (χ1n) is 7.90. The van der Waals surface area contributed by atoms with E-state index in [-0.39, 0.29) is 18.2 Å². The molecule has 4 aromatic rings. The summed E-state index contributed by atoms with van der Waals surface area (Å²) in [4.78, 5) is 4.40. The third-order valence-electron chi connectivity index (χ3n) is 4.19. The van der Waals surface area contributed by atoms with Crippen molar-refractivity contribution in [2.75, 3.05) is 5.73 Å². The maximum atomic E-state index is 9.92. The van der Waals surface area contributed by atoms with Crippen molar-refractivity contribution in [1.82, 2.24) is 9.55 Å². The number of phenols is 1. The summed E-state index contributed by atoms with van der Waals surface area (Å²) in [6.07, 6.45) is 0. The van der Waals surface area contributed by atoms with Gasteiger partial charge in [0, 0.05) is 22.0 Å². The Hall–Kier alpha value is -2.69. The second-order valence-electron chi connectivity index (χ2n) is 5.89. The minimum Gasteiger partial charge on any atom is -0.508 e. The highest BCUT2D eigenvalue weighted by molar-refractivity contribution is 6.33. The first kappa shape index (κ1) is 18.1. The van der Waals surface area contributed by atoms with E-state index in [0.717, 1.165) is 27.9 Å². The number of phenolic OH excluding ortho intramolecular Hbond substituents is 1. The average Bonchev–Trinajstić information content (AvgIpc) is 2.93. The summed E-state index contributed by atoms with van der Waals surface area (Å²) in [7, 11) is 0. The van der Waals surface area contributed by atoms with Crippen LogP contribution in [0.3, 0.4) is 0 Å². The zero-order chi connectivity index (χ0) is 17.4. The Labute approximate surface area is 162 Å². The Balaban J connectivity index is 0.00000196. The lowest BCUT2D eigenvalue weighted by molar-refractivity contribution is 0.476. The van der Waals surface area contributed by atoms with Gasteiger partial charge in [-0.25, -0.2) is 4.98 Å². The number of nitrogen functional groups attached to an aromatic ring is 1. The Morgan fingerprint density at radius 3 is 2.58 bits per heavy atom. The molecule has 0 radical (unpaired) electrons. The predicted molar refractivity (Wildman–Crippen MR) is 109 cm³/mol. The number of aromatic nitrogens is 2. The van der Waals surface area contributed by atoms with Crippen molar-refractivity contribution < 1.29 is 5.11 Å². The summed E-state index contributed by atoms with van der Waals surface area (Å²) < 4.78 is 2.10. The van der Waals surface area contributed by atoms with E-state index in [2.05, 4.69) is 15.6 Å². The molecule has 0 aliphatic carbocycles. The third-order valence-corrected chi connectivity index (χ3v) is 4.52. The molecule has 0 spiro atoms. The minimum atomic E-state index is 0. The molecule has 0 aliphatic rings. The van der Waals surface area contributed by atoms with Crippen molar-refractivity contribution in [2.24, 2.45) is 0 Å². The Kier molecular flexibility index (Phi) is 5.07. The SMILES string of the molecule is Cl.Nc1cccc(Cn2c(-c3ccccc3Cl)cc3ccc(O)cc32)n1. The summed E-state index contributed by atoms with van der Waals surface area (Å²) in [5.41, 5.74) is 9.48. The number of rotatable bonds is 3. The van der Waals surface area contributed by atoms with E-state index in [4.69, 9.17) is 17.3 Å². The molecule has 0 aliphatic heterocycles. The van der Waals surface area contributed by atoms with E-state index in [0.29, 0.717) is 17.4 Å². The highest BCUT2D eigenvalue weighted by Gasteiger charge is 2.14. The lowest BCUT2D eigenvalue weighted by atomic mass is 10.1. The van der Waals surface area contributed by atoms with Gasteiger partial charge in [-0.15, -0.1) is 12.4 Å². The van der Waals surface area contributed by atoms with Gasteiger partial charge in [-0.1, -0.05) is 35.9 Å². The molecule has 0 amide bonds. The van der Waals surface area contributed by atoms with Crippen LogP contribution in [0.1, 0.15) is 5.69 Å². The second kappa shape index (κ2) is 7.28. The normalized spacial score (nSPS) is 10.7. The number of hydrogen-bond donors (Lipinski definition) is 2. The molecule has 26 heavy (non-hydrogen) atoms. The molecule has 4 nitrogen and oxygen atoms in total. The van der Waals surface area contributed by atoms with Gasteiger partial charge in [-0.05, 0) is 36.4 Å². The van der Waals surface area contributed by atoms with Crippen LogP contribution >= 0.6 is 24.0 Å². The van der Waals surface area contributed by atoms with Crippen LogP contribution in [0.5, 0.6) is 5.75 Å². The van der Waals surface area contributed by atoms with E-state index >= 15 is 0 Å². The van der Waals surface area contributed by atoms with E-state index in [1.54, 1.807) is 18.2 Å². The summed E-state index contributed by atoms with van der Waals surface area (Å²) >= 11 is 6.42. The highest BCUT2D eigenvalue weighted by atomic mass is 35.5. The molecule has 6 heteroatoms. The number of halogens is 2. The van der Waals surface area contributed by atoms with Gasteiger partial charge in [0.1, 0.15) is 11.6 Å². The topological polar surface area (TPSA) is 64.1 Å². The summed E-state index contributed by atoms with van der Waals surface area (Å²) in [6, 6.07) is 20.7. The average molecular weight is 386 g/mol. The number of pyridine rings is 1. The van der Waals surface area contributed by atoms with Gasteiger partial charge < -0.3 is 15.4 Å². The predicted octanol–water partition coefficient (Wildman–Crippen LogP) is 5.11. The lowest BCUT2D eigenvalue weighted by Crippen LogP contribution is -2.05. The van der Waals surface area contributed by atoms with E-state index < -0.39 is 0 Å². The molecule has 132 valence electrons. The first-order chi connectivity index (χ1) is 12.1. The fourth-order valence-electron chi connectivity index (χ4n) is 3.05. The number of nitrogens with two attached hydrogens (primary N) is 1. The zero-order valence-electron chi connectivity index (χ0n) is 13.8. The van der Waals surface area contributed by atoms with Gasteiger partial charge in [0.2, 0.25) is 0 Å². The molecule has 0 fully saturated rings. The van der Waals surface area contributed by atoms with Crippen molar-refractivity contribution in [3.63, 3.8) is 0 Å². The molecular weight excluding hydrogens is 369 g/mol. The third kappa shape index (κ3) is 3.34. The maximum absolute atomic E-state index is 9.92. The fraction of sp³-hybridized carbons (Fsp3) is 0.0500. The van der Waals surface area contributed by atoms with Gasteiger partial charge >= 0.3 is 0 Å². The first-order valence-corrected chi connectivity index (χ1v) is 8.28. The summed E-state index contributed by atoms with van der Waals surface area (Å²) in [5.74, 6) is 0.703. The van der Waals surface area contributed by atoms with Crippen LogP contribution in [-0.4, -0.2) is 14.7 Å². The molecule has 4 rings (SSSR count). The smallest absolute Gasteiger partial charge is 0.123 e. The quantitative estimate of drug-likeness (QED) is 0.514. The van der Waals surface area contributed by atoms with Crippen LogP contribution in [0, 0.1) is 0 Å². The van der Waals surface area contributed by atoms with E-state index in [9.17, 15) is 5.11 Å². The molecule has 2 aromatic heterocycles. The number of nitrogens with zero attached hydrogens (tertiary/aromatic N) is 2. The fourth-order valence-corrected chi connectivity index (χ4v) is 3.29. The second-order valence-corrected chi connectivity index (χ2v) is 6.30. The molecule has 2 heterocycles. The van der Waals surface area contributed by atoms with Gasteiger partial charge in [-0.2, -0.15) is 0 Å². The largest absolute Gasteiger partial charge is 0.508 e. The van der Waals surface area contributed by atoms with Crippen molar-refractivity contribution >= 4 is 40.7 Å². The van der Waals surface area contributed by atoms with Crippen molar-refractivity contribution in [3.05, 3.63) is 77.4 Å². The molecule has 3 N–H and O–H groups in total. The number of anilines is 1. The van der Waals surface area contributed by atoms with Crippen LogP contribution in [-0.2, 0) is 6.54 Å². The highest BCUT2D eigenvalue weighted by Crippen LogP contribution is 2.34. The lowest BCUT2D eigenvalue weighted by Gasteiger charge is -2.12. The van der Waals surface area contributed by atoms with Crippen molar-refractivity contribution in [2.45, 2.75) is 6.54 Å². The molecule has 0 unspecified atom stereocenters. The minimum absolute atomic E-state index is 0. The van der Waals surface area contributed by atoms with Crippen molar-refractivity contribution in [3.8, 4) is 17.0 Å². The van der Waals surface area contributed by atoms with Crippen LogP contribution in [0.4, 0.5) is 5.82 Å². The molecule has 0 saturated carbocycles. The Morgan fingerprint density at radius 2 is 1.81 bits per heavy atom. The summed E-state index contributed by atoms with van der Waals surface area (Å²) in [5, 5.41) is 11.6. The Bertz CT molecular complexity index is 1080. The summed E-state index contributed by atoms with van der Waals surface area (Å²) in [6.45, 7) is 0.526. The zero-order valence-corrected chi connectivity index (χ0v) is 15.3. The molecule has 0 atom stereocenters. The van der Waals surface area contributed by atoms with Crippen LogP contribution in [0.2, 0.25) is 5.02 Å². The van der Waals surface area contributed by atoms with Crippen LogP contribution in [0.15, 0.2) is 66.7 Å². The Morgan fingerprint density at radius 1 is 1.00 bits per heavy atom.